The number of carboxylic acid groups (broad SMARTS) is 1. The van der Waals surface area contributed by atoms with Crippen LogP contribution in [-0.2, 0) is 23.7 Å². The van der Waals surface area contributed by atoms with Gasteiger partial charge in [0, 0.05) is 22.3 Å². The number of carboxylic acids is 1. The maximum Gasteiger partial charge on any atom is 0.349 e. The minimum atomic E-state index is -2.95. The van der Waals surface area contributed by atoms with Crippen LogP contribution in [0.2, 0.25) is 0 Å². The van der Waals surface area contributed by atoms with Crippen LogP contribution in [0.1, 0.15) is 41.4 Å². The number of carbonyl (C=O) groups excluding carboxylic acids is 4. The van der Waals surface area contributed by atoms with Gasteiger partial charge < -0.3 is 90.4 Å². The highest BCUT2D eigenvalue weighted by Gasteiger charge is 2.49. The van der Waals surface area contributed by atoms with Crippen LogP contribution in [0.4, 0.5) is 0 Å². The van der Waals surface area contributed by atoms with Crippen molar-refractivity contribution in [3.05, 3.63) is 46.5 Å². The van der Waals surface area contributed by atoms with Crippen LogP contribution in [0.15, 0.2) is 24.3 Å². The lowest BCUT2D eigenvalue weighted by atomic mass is 9.91. The van der Waals surface area contributed by atoms with Gasteiger partial charge in [0.25, 0.3) is 0 Å². The normalized spacial score (nSPS) is 19.5. The molecule has 0 aliphatic carbocycles. The maximum absolute atomic E-state index is 14.0. The number of benzene rings is 4. The van der Waals surface area contributed by atoms with E-state index in [1.807, 2.05) is 0 Å². The SMILES string of the molecule is O=C1OCC(O)C(C2OC(=O)c3cc(O)c(O)c(O)c3-c3c(cc(O)c(O)c3O)C(=O)OC2C(=O)O)OC(=O)c2cc(O)c(O)c(O)c2-c2c1cc(O)c(O)c2O. The number of aliphatic hydroxyl groups is 1. The number of phenols is 12. The zero-order valence-electron chi connectivity index (χ0n) is 27.8. The van der Waals surface area contributed by atoms with Crippen LogP contribution in [0.3, 0.4) is 0 Å². The molecule has 23 heteroatoms. The van der Waals surface area contributed by atoms with E-state index in [0.717, 1.165) is 0 Å². The van der Waals surface area contributed by atoms with Crippen LogP contribution in [0, 0.1) is 0 Å². The minimum absolute atomic E-state index is 0.347. The van der Waals surface area contributed by atoms with Crippen molar-refractivity contribution >= 4 is 29.8 Å². The summed E-state index contributed by atoms with van der Waals surface area (Å²) < 4.78 is 20.6. The number of rotatable bonds is 2. The third-order valence-corrected chi connectivity index (χ3v) is 8.75. The summed E-state index contributed by atoms with van der Waals surface area (Å²) in [6.45, 7) is -1.40. The Morgan fingerprint density at radius 3 is 1.09 bits per heavy atom. The van der Waals surface area contributed by atoms with Crippen molar-refractivity contribution in [1.29, 1.82) is 0 Å². The van der Waals surface area contributed by atoms with Gasteiger partial charge in [-0.3, -0.25) is 0 Å². The van der Waals surface area contributed by atoms with E-state index in [4.69, 9.17) is 18.9 Å². The second-order valence-electron chi connectivity index (χ2n) is 12.1. The first-order valence-electron chi connectivity index (χ1n) is 15.5. The topological polar surface area (TPSA) is 405 Å². The Kier molecular flexibility index (Phi) is 9.17. The molecular weight excluding hydrogens is 776 g/mol. The highest BCUT2D eigenvalue weighted by molar-refractivity contribution is 6.10. The van der Waals surface area contributed by atoms with E-state index in [1.54, 1.807) is 0 Å². The fraction of sp³-hybridized carbons (Fsp3) is 0.147. The number of phenolic OH excluding ortho intramolecular Hbond substituents is 12. The van der Waals surface area contributed by atoms with Crippen LogP contribution in [0.5, 0.6) is 69.0 Å². The average molecular weight is 801 g/mol. The number of hydrogen-bond acceptors (Lipinski definition) is 22. The molecule has 4 atom stereocenters. The molecule has 6 rings (SSSR count). The fourth-order valence-corrected chi connectivity index (χ4v) is 6.04. The molecule has 14 N–H and O–H groups in total. The smallest absolute Gasteiger partial charge is 0.349 e. The molecular formula is C34H24O23. The van der Waals surface area contributed by atoms with E-state index >= 15 is 0 Å². The first-order chi connectivity index (χ1) is 26.7. The van der Waals surface area contributed by atoms with Crippen LogP contribution >= 0.6 is 0 Å². The number of carbonyl (C=O) groups is 5. The van der Waals surface area contributed by atoms with Crippen molar-refractivity contribution in [3.8, 4) is 91.2 Å². The van der Waals surface area contributed by atoms with Crippen LogP contribution in [0.25, 0.3) is 22.3 Å². The highest BCUT2D eigenvalue weighted by atomic mass is 16.6. The summed E-state index contributed by atoms with van der Waals surface area (Å²) in [5.74, 6) is -26.1. The number of cyclic esters (lactones) is 4. The third kappa shape index (κ3) is 6.04. The highest BCUT2D eigenvalue weighted by Crippen LogP contribution is 2.55. The molecule has 2 aliphatic rings. The summed E-state index contributed by atoms with van der Waals surface area (Å²) in [6.07, 6.45) is -11.1. The van der Waals surface area contributed by atoms with Gasteiger partial charge >= 0.3 is 29.8 Å². The molecule has 57 heavy (non-hydrogen) atoms. The predicted molar refractivity (Wildman–Crippen MR) is 175 cm³/mol. The second-order valence-corrected chi connectivity index (χ2v) is 12.1. The summed E-state index contributed by atoms with van der Waals surface area (Å²) in [7, 11) is 0. The largest absolute Gasteiger partial charge is 0.504 e. The molecule has 0 aromatic heterocycles. The molecule has 2 aliphatic heterocycles. The van der Waals surface area contributed by atoms with E-state index in [2.05, 4.69) is 0 Å². The maximum atomic E-state index is 14.0. The molecule has 4 aromatic carbocycles. The van der Waals surface area contributed by atoms with Crippen molar-refractivity contribution in [2.24, 2.45) is 0 Å². The number of aromatic hydroxyl groups is 12. The van der Waals surface area contributed by atoms with Gasteiger partial charge in [-0.2, -0.15) is 0 Å². The lowest BCUT2D eigenvalue weighted by molar-refractivity contribution is -0.166. The van der Waals surface area contributed by atoms with Gasteiger partial charge in [0.05, 0.1) is 22.3 Å². The Morgan fingerprint density at radius 2 is 0.754 bits per heavy atom. The van der Waals surface area contributed by atoms with E-state index in [0.29, 0.717) is 24.3 Å². The summed E-state index contributed by atoms with van der Waals surface area (Å²) in [4.78, 5) is 67.7. The zero-order valence-corrected chi connectivity index (χ0v) is 27.8. The molecule has 0 radical (unpaired) electrons. The first kappa shape index (κ1) is 38.5. The van der Waals surface area contributed by atoms with E-state index in [1.165, 1.54) is 0 Å². The Labute approximate surface area is 313 Å². The summed E-state index contributed by atoms with van der Waals surface area (Å²) >= 11 is 0. The monoisotopic (exact) mass is 800 g/mol. The lowest BCUT2D eigenvalue weighted by Crippen LogP contribution is -2.54. The number of ether oxygens (including phenoxy) is 4. The first-order valence-corrected chi connectivity index (χ1v) is 15.5. The van der Waals surface area contributed by atoms with Gasteiger partial charge in [0.2, 0.25) is 29.1 Å². The lowest BCUT2D eigenvalue weighted by Gasteiger charge is -2.34. The number of esters is 4. The molecule has 4 aromatic rings. The van der Waals surface area contributed by atoms with E-state index in [-0.39, 0.29) is 0 Å². The molecule has 4 unspecified atom stereocenters. The number of aliphatic carboxylic acids is 1. The fourth-order valence-electron chi connectivity index (χ4n) is 6.04. The van der Waals surface area contributed by atoms with Gasteiger partial charge in [-0.15, -0.1) is 0 Å². The van der Waals surface area contributed by atoms with Gasteiger partial charge in [-0.05, 0) is 24.3 Å². The molecule has 23 nitrogen and oxygen atoms in total. The molecule has 0 saturated heterocycles. The van der Waals surface area contributed by atoms with Crippen LogP contribution in [-0.4, -0.2) is 132 Å². The molecule has 0 fully saturated rings. The van der Waals surface area contributed by atoms with Gasteiger partial charge in [-0.25, -0.2) is 24.0 Å². The number of fused-ring (bicyclic) bond motifs is 6. The average Bonchev–Trinajstić information content (AvgIpc) is 3.17. The molecule has 0 amide bonds. The molecule has 2 heterocycles. The van der Waals surface area contributed by atoms with Gasteiger partial charge in [0.15, 0.2) is 58.2 Å². The van der Waals surface area contributed by atoms with E-state index in [9.17, 15) is 95.5 Å². The van der Waals surface area contributed by atoms with Gasteiger partial charge in [0.1, 0.15) is 12.7 Å². The Morgan fingerprint density at radius 1 is 0.456 bits per heavy atom. The molecule has 0 spiro atoms. The molecule has 0 saturated carbocycles. The van der Waals surface area contributed by atoms with Crippen molar-refractivity contribution < 1.29 is 114 Å². The van der Waals surface area contributed by atoms with Gasteiger partial charge in [-0.1, -0.05) is 0 Å². The summed E-state index contributed by atoms with van der Waals surface area (Å²) in [5, 5.41) is 147. The summed E-state index contributed by atoms with van der Waals surface area (Å²) in [5.41, 5.74) is -8.86. The Bertz CT molecular complexity index is 2470. The van der Waals surface area contributed by atoms with Crippen LogP contribution < -0.4 is 0 Å². The van der Waals surface area contributed by atoms with E-state index < -0.39 is 174 Å². The summed E-state index contributed by atoms with van der Waals surface area (Å²) in [6, 6.07) is 1.50. The Hall–Kier alpha value is -8.21. The third-order valence-electron chi connectivity index (χ3n) is 8.75. The van der Waals surface area contributed by atoms with Crippen molar-refractivity contribution in [3.63, 3.8) is 0 Å². The van der Waals surface area contributed by atoms with Crippen molar-refractivity contribution in [1.82, 2.24) is 0 Å². The number of aliphatic hydroxyl groups excluding tert-OH is 1. The predicted octanol–water partition coefficient (Wildman–Crippen LogP) is 0.394. The zero-order chi connectivity index (χ0) is 42.1. The molecule has 0 bridgehead atoms. The molecule has 298 valence electrons. The Balaban J connectivity index is 1.60. The number of hydrogen-bond donors (Lipinski definition) is 14. The second kappa shape index (κ2) is 13.6. The quantitative estimate of drug-likeness (QED) is 0.0740. The van der Waals surface area contributed by atoms with Crippen molar-refractivity contribution in [2.45, 2.75) is 24.4 Å². The standard InChI is InChI=1S/C34H24O23/c35-10-1-6-15(23(44)19(10)40)16-7(2-11(36)20(41)24(16)45)32(51)55-27(14(39)5-54-31(6)50)28-29(30(48)49)57-34(53)9-4-13(38)22(43)26(47)18(9)17-8(33(52)56-28)3-12(37)21(42)25(17)46/h1-4,14,27-29,35-47H,5H2,(H,48,49). The van der Waals surface area contributed by atoms with Crippen molar-refractivity contribution in [2.75, 3.05) is 6.61 Å². The minimum Gasteiger partial charge on any atom is -0.504 e.